The van der Waals surface area contributed by atoms with E-state index in [1.807, 2.05) is 12.1 Å². The van der Waals surface area contributed by atoms with Crippen molar-refractivity contribution in [3.8, 4) is 0 Å². The van der Waals surface area contributed by atoms with Gasteiger partial charge in [-0.3, -0.25) is 4.79 Å². The molecule has 1 aliphatic rings. The molecule has 1 fully saturated rings. The Hall–Kier alpha value is -1.35. The van der Waals surface area contributed by atoms with Crippen LogP contribution in [0.2, 0.25) is 0 Å². The normalized spacial score (nSPS) is 17.8. The van der Waals surface area contributed by atoms with Crippen molar-refractivity contribution in [2.24, 2.45) is 11.7 Å². The van der Waals surface area contributed by atoms with Crippen LogP contribution in [0.25, 0.3) is 0 Å². The molecule has 3 nitrogen and oxygen atoms in total. The minimum Gasteiger partial charge on any atom is -0.349 e. The van der Waals surface area contributed by atoms with Gasteiger partial charge in [-0.15, -0.1) is 0 Å². The van der Waals surface area contributed by atoms with Gasteiger partial charge in [-0.2, -0.15) is 0 Å². The molecule has 1 amide bonds. The molecular formula is C16H24N2O. The second-order valence-corrected chi connectivity index (χ2v) is 5.79. The monoisotopic (exact) mass is 260 g/mol. The van der Waals surface area contributed by atoms with Crippen molar-refractivity contribution in [1.82, 2.24) is 5.32 Å². The lowest BCUT2D eigenvalue weighted by Gasteiger charge is -2.29. The van der Waals surface area contributed by atoms with Gasteiger partial charge in [0.2, 0.25) is 5.91 Å². The van der Waals surface area contributed by atoms with Gasteiger partial charge >= 0.3 is 0 Å². The second kappa shape index (κ2) is 5.74. The maximum Gasteiger partial charge on any atom is 0.224 e. The Balaban J connectivity index is 1.92. The molecular weight excluding hydrogens is 236 g/mol. The van der Waals surface area contributed by atoms with Gasteiger partial charge in [-0.25, -0.2) is 0 Å². The van der Waals surface area contributed by atoms with E-state index >= 15 is 0 Å². The lowest BCUT2D eigenvalue weighted by molar-refractivity contribution is -0.122. The molecule has 1 aliphatic carbocycles. The number of carbonyl (C=O) groups is 1. The first kappa shape index (κ1) is 14.1. The number of hydrogen-bond donors (Lipinski definition) is 2. The number of rotatable bonds is 6. The number of hydrogen-bond acceptors (Lipinski definition) is 2. The molecule has 3 heteroatoms. The first-order chi connectivity index (χ1) is 9.07. The van der Waals surface area contributed by atoms with Crippen LogP contribution >= 0.6 is 0 Å². The van der Waals surface area contributed by atoms with Gasteiger partial charge in [0.1, 0.15) is 0 Å². The zero-order valence-corrected chi connectivity index (χ0v) is 11.9. The molecule has 1 atom stereocenters. The van der Waals surface area contributed by atoms with E-state index in [9.17, 15) is 4.79 Å². The van der Waals surface area contributed by atoms with Gasteiger partial charge in [-0.1, -0.05) is 31.2 Å². The van der Waals surface area contributed by atoms with Crippen LogP contribution in [0, 0.1) is 5.92 Å². The van der Waals surface area contributed by atoms with Gasteiger partial charge in [0.25, 0.3) is 0 Å². The molecule has 1 saturated carbocycles. The number of nitrogens with two attached hydrogens (primary N) is 1. The maximum absolute atomic E-state index is 12.1. The SMILES string of the molecule is CCc1ccc(CC(=O)NC(C)(CN)C2CC2)cc1. The van der Waals surface area contributed by atoms with E-state index in [1.54, 1.807) is 0 Å². The van der Waals surface area contributed by atoms with Crippen molar-refractivity contribution in [3.63, 3.8) is 0 Å². The highest BCUT2D eigenvalue weighted by molar-refractivity contribution is 5.79. The van der Waals surface area contributed by atoms with Gasteiger partial charge in [0.15, 0.2) is 0 Å². The van der Waals surface area contributed by atoms with Crippen LogP contribution in [0.15, 0.2) is 24.3 Å². The summed E-state index contributed by atoms with van der Waals surface area (Å²) in [5.41, 5.74) is 7.95. The van der Waals surface area contributed by atoms with E-state index in [2.05, 4.69) is 31.3 Å². The van der Waals surface area contributed by atoms with Gasteiger partial charge in [0, 0.05) is 6.54 Å². The summed E-state index contributed by atoms with van der Waals surface area (Å²) in [6.07, 6.45) is 3.82. The van der Waals surface area contributed by atoms with Crippen molar-refractivity contribution >= 4 is 5.91 Å². The zero-order chi connectivity index (χ0) is 13.9. The molecule has 0 aliphatic heterocycles. The minimum atomic E-state index is -0.222. The molecule has 104 valence electrons. The third kappa shape index (κ3) is 3.57. The van der Waals surface area contributed by atoms with E-state index in [0.717, 1.165) is 12.0 Å². The molecule has 0 heterocycles. The summed E-state index contributed by atoms with van der Waals surface area (Å²) in [7, 11) is 0. The molecule has 1 unspecified atom stereocenters. The van der Waals surface area contributed by atoms with Crippen LogP contribution in [-0.4, -0.2) is 18.0 Å². The number of benzene rings is 1. The molecule has 2 rings (SSSR count). The standard InChI is InChI=1S/C16H24N2O/c1-3-12-4-6-13(7-5-12)10-15(19)18-16(2,11-17)14-8-9-14/h4-7,14H,3,8-11,17H2,1-2H3,(H,18,19). The van der Waals surface area contributed by atoms with Crippen molar-refractivity contribution in [2.75, 3.05) is 6.54 Å². The van der Waals surface area contributed by atoms with Gasteiger partial charge < -0.3 is 11.1 Å². The number of aryl methyl sites for hydroxylation is 1. The summed E-state index contributed by atoms with van der Waals surface area (Å²) in [5, 5.41) is 3.12. The zero-order valence-electron chi connectivity index (χ0n) is 11.9. The molecule has 1 aromatic carbocycles. The Labute approximate surface area is 115 Å². The van der Waals surface area contributed by atoms with E-state index in [0.29, 0.717) is 18.9 Å². The largest absolute Gasteiger partial charge is 0.349 e. The molecule has 0 saturated heterocycles. The average Bonchev–Trinajstić information content (AvgIpc) is 3.24. The molecule has 19 heavy (non-hydrogen) atoms. The fourth-order valence-corrected chi connectivity index (χ4v) is 2.48. The maximum atomic E-state index is 12.1. The Bertz CT molecular complexity index is 437. The van der Waals surface area contributed by atoms with E-state index in [-0.39, 0.29) is 11.4 Å². The predicted molar refractivity (Wildman–Crippen MR) is 77.9 cm³/mol. The van der Waals surface area contributed by atoms with Crippen LogP contribution in [0.5, 0.6) is 0 Å². The van der Waals surface area contributed by atoms with Crippen LogP contribution < -0.4 is 11.1 Å². The molecule has 3 N–H and O–H groups in total. The molecule has 0 aromatic heterocycles. The summed E-state index contributed by atoms with van der Waals surface area (Å²) >= 11 is 0. The summed E-state index contributed by atoms with van der Waals surface area (Å²) in [6, 6.07) is 8.25. The third-order valence-electron chi connectivity index (χ3n) is 4.12. The molecule has 1 aromatic rings. The Morgan fingerprint density at radius 2 is 1.89 bits per heavy atom. The van der Waals surface area contributed by atoms with Gasteiger partial charge in [-0.05, 0) is 43.2 Å². The van der Waals surface area contributed by atoms with Gasteiger partial charge in [0.05, 0.1) is 12.0 Å². The lowest BCUT2D eigenvalue weighted by Crippen LogP contribution is -2.53. The van der Waals surface area contributed by atoms with E-state index in [1.165, 1.54) is 18.4 Å². The summed E-state index contributed by atoms with van der Waals surface area (Å²) in [5.74, 6) is 0.632. The first-order valence-corrected chi connectivity index (χ1v) is 7.16. The fraction of sp³-hybridized carbons (Fsp3) is 0.562. The summed E-state index contributed by atoms with van der Waals surface area (Å²) in [4.78, 5) is 12.1. The Morgan fingerprint density at radius 3 is 2.37 bits per heavy atom. The molecule has 0 bridgehead atoms. The highest BCUT2D eigenvalue weighted by atomic mass is 16.1. The quantitative estimate of drug-likeness (QED) is 0.822. The highest BCUT2D eigenvalue weighted by Gasteiger charge is 2.41. The number of amides is 1. The van der Waals surface area contributed by atoms with Crippen molar-refractivity contribution in [1.29, 1.82) is 0 Å². The summed E-state index contributed by atoms with van der Waals surface area (Å²) < 4.78 is 0. The predicted octanol–water partition coefficient (Wildman–Crippen LogP) is 2.04. The first-order valence-electron chi connectivity index (χ1n) is 7.16. The molecule has 0 radical (unpaired) electrons. The van der Waals surface area contributed by atoms with E-state index < -0.39 is 0 Å². The Morgan fingerprint density at radius 1 is 1.32 bits per heavy atom. The van der Waals surface area contributed by atoms with Crippen LogP contribution in [-0.2, 0) is 17.6 Å². The van der Waals surface area contributed by atoms with E-state index in [4.69, 9.17) is 5.73 Å². The fourth-order valence-electron chi connectivity index (χ4n) is 2.48. The third-order valence-corrected chi connectivity index (χ3v) is 4.12. The molecule has 0 spiro atoms. The average molecular weight is 260 g/mol. The lowest BCUT2D eigenvalue weighted by atomic mass is 9.95. The second-order valence-electron chi connectivity index (χ2n) is 5.79. The van der Waals surface area contributed by atoms with Crippen molar-refractivity contribution < 1.29 is 4.79 Å². The number of nitrogens with one attached hydrogen (secondary N) is 1. The highest BCUT2D eigenvalue weighted by Crippen LogP contribution is 2.38. The summed E-state index contributed by atoms with van der Waals surface area (Å²) in [6.45, 7) is 4.70. The van der Waals surface area contributed by atoms with Crippen molar-refractivity contribution in [2.45, 2.75) is 45.1 Å². The topological polar surface area (TPSA) is 55.1 Å². The van der Waals surface area contributed by atoms with Crippen LogP contribution in [0.1, 0.15) is 37.8 Å². The minimum absolute atomic E-state index is 0.0732. The smallest absolute Gasteiger partial charge is 0.224 e. The van der Waals surface area contributed by atoms with Crippen LogP contribution in [0.4, 0.5) is 0 Å². The Kier molecular flexibility index (Phi) is 4.25. The number of carbonyl (C=O) groups excluding carboxylic acids is 1. The van der Waals surface area contributed by atoms with Crippen molar-refractivity contribution in [3.05, 3.63) is 35.4 Å². The van der Waals surface area contributed by atoms with Crippen LogP contribution in [0.3, 0.4) is 0 Å².